The summed E-state index contributed by atoms with van der Waals surface area (Å²) in [7, 11) is -0.564. The van der Waals surface area contributed by atoms with Crippen LogP contribution in [0, 0.1) is 29.1 Å². The number of Topliss-reactive ketones (excluding diaryl/α,β-unsaturated/α-hetero) is 1. The molecular formula is C32H43BN2O5. The number of amides is 1. The number of aromatic nitrogens is 1. The molecule has 1 aromatic carbocycles. The third kappa shape index (κ3) is 5.38. The van der Waals surface area contributed by atoms with Gasteiger partial charge in [0.15, 0.2) is 5.78 Å². The second kappa shape index (κ2) is 11.0. The summed E-state index contributed by atoms with van der Waals surface area (Å²) in [5.41, 5.74) is 1.72. The third-order valence-corrected chi connectivity index (χ3v) is 9.78. The maximum absolute atomic E-state index is 13.6. The number of nitrogens with one attached hydrogen (secondary N) is 1. The van der Waals surface area contributed by atoms with Gasteiger partial charge in [-0.05, 0) is 68.4 Å². The van der Waals surface area contributed by atoms with E-state index in [-0.39, 0.29) is 52.8 Å². The molecule has 2 N–H and O–H groups in total. The molecule has 1 aromatic heterocycles. The Balaban J connectivity index is 1.29. The summed E-state index contributed by atoms with van der Waals surface area (Å²) in [4.78, 5) is 31.4. The number of hydrogen-bond donors (Lipinski definition) is 2. The van der Waals surface area contributed by atoms with Crippen molar-refractivity contribution in [3.05, 3.63) is 54.2 Å². The molecule has 0 radical (unpaired) electrons. The molecule has 1 saturated heterocycles. The second-order valence-electron chi connectivity index (χ2n) is 13.3. The van der Waals surface area contributed by atoms with Gasteiger partial charge in [-0.3, -0.25) is 9.59 Å². The zero-order chi connectivity index (χ0) is 28.8. The molecule has 6 rings (SSSR count). The fraction of sp³-hybridized carbons (Fsp3) is 0.594. The summed E-state index contributed by atoms with van der Waals surface area (Å²) >= 11 is 0. The molecule has 214 valence electrons. The minimum absolute atomic E-state index is 0.0120. The lowest BCUT2D eigenvalue weighted by molar-refractivity contribution is -0.199. The average Bonchev–Trinajstić information content (AvgIpc) is 3.28. The predicted molar refractivity (Wildman–Crippen MR) is 155 cm³/mol. The Hall–Kier alpha value is -2.55. The topological polar surface area (TPSA) is 97.8 Å². The summed E-state index contributed by atoms with van der Waals surface area (Å²) in [6.07, 6.45) is 1.64. The molecular weight excluding hydrogens is 503 g/mol. The van der Waals surface area contributed by atoms with Gasteiger partial charge in [0.2, 0.25) is 5.91 Å². The van der Waals surface area contributed by atoms with Crippen molar-refractivity contribution in [2.75, 3.05) is 0 Å². The number of nitrogens with zero attached hydrogens (tertiary/aromatic N) is 1. The van der Waals surface area contributed by atoms with Crippen LogP contribution in [0.2, 0.25) is 0 Å². The van der Waals surface area contributed by atoms with Crippen LogP contribution in [0.1, 0.15) is 77.7 Å². The molecule has 0 spiro atoms. The molecule has 7 atom stereocenters. The number of rotatable bonds is 10. The Kier molecular flexibility index (Phi) is 7.99. The van der Waals surface area contributed by atoms with E-state index in [4.69, 9.17) is 9.31 Å². The Labute approximate surface area is 238 Å². The number of aliphatic hydroxyl groups is 1. The van der Waals surface area contributed by atoms with Gasteiger partial charge in [-0.15, -0.1) is 0 Å². The number of ketones is 1. The number of aliphatic hydroxyl groups excluding tert-OH is 1. The summed E-state index contributed by atoms with van der Waals surface area (Å²) in [6.45, 7) is 12.6. The van der Waals surface area contributed by atoms with Gasteiger partial charge in [0, 0.05) is 12.0 Å². The minimum atomic E-state index is -1.01. The zero-order valence-electron chi connectivity index (χ0n) is 24.6. The molecule has 4 fully saturated rings. The summed E-state index contributed by atoms with van der Waals surface area (Å²) in [5, 5.41) is 13.7. The van der Waals surface area contributed by atoms with Crippen molar-refractivity contribution in [2.24, 2.45) is 29.1 Å². The maximum atomic E-state index is 13.6. The van der Waals surface area contributed by atoms with E-state index >= 15 is 0 Å². The maximum Gasteiger partial charge on any atom is 0.481 e. The summed E-state index contributed by atoms with van der Waals surface area (Å²) in [6, 6.07) is 14.9. The molecule has 1 amide bonds. The van der Waals surface area contributed by atoms with E-state index in [0.29, 0.717) is 24.0 Å². The lowest BCUT2D eigenvalue weighted by Crippen LogP contribution is -2.65. The molecule has 2 heterocycles. The SMILES string of the molecule is CC(C)C[C@H](NC(=O)[C@@H](CC(=O)c1cccc(-c2ccccc2)n1)[C@@H](C)O)B1O[C@@H]2C[C@H]3C[C@H](C3(C)C)[C@]2(C)O1. The van der Waals surface area contributed by atoms with Crippen LogP contribution in [0.25, 0.3) is 11.3 Å². The summed E-state index contributed by atoms with van der Waals surface area (Å²) < 4.78 is 13.2. The van der Waals surface area contributed by atoms with E-state index in [1.54, 1.807) is 19.1 Å². The van der Waals surface area contributed by atoms with Crippen LogP contribution < -0.4 is 5.32 Å². The average molecular weight is 547 g/mol. The van der Waals surface area contributed by atoms with Gasteiger partial charge in [0.1, 0.15) is 5.69 Å². The van der Waals surface area contributed by atoms with E-state index in [0.717, 1.165) is 18.4 Å². The van der Waals surface area contributed by atoms with Gasteiger partial charge in [0.05, 0.1) is 35.4 Å². The van der Waals surface area contributed by atoms with Crippen molar-refractivity contribution in [3.63, 3.8) is 0 Å². The summed E-state index contributed by atoms with van der Waals surface area (Å²) in [5.74, 6) is -0.615. The molecule has 0 unspecified atom stereocenters. The largest absolute Gasteiger partial charge is 0.481 e. The molecule has 4 aliphatic rings. The van der Waals surface area contributed by atoms with Crippen molar-refractivity contribution >= 4 is 18.8 Å². The van der Waals surface area contributed by atoms with Crippen molar-refractivity contribution in [2.45, 2.75) is 91.0 Å². The minimum Gasteiger partial charge on any atom is -0.404 e. The highest BCUT2D eigenvalue weighted by molar-refractivity contribution is 6.47. The van der Waals surface area contributed by atoms with E-state index in [2.05, 4.69) is 44.9 Å². The van der Waals surface area contributed by atoms with Gasteiger partial charge < -0.3 is 19.7 Å². The molecule has 7 nitrogen and oxygen atoms in total. The Morgan fingerprint density at radius 3 is 2.45 bits per heavy atom. The normalized spacial score (nSPS) is 28.8. The highest BCUT2D eigenvalue weighted by atomic mass is 16.7. The predicted octanol–water partition coefficient (Wildman–Crippen LogP) is 5.12. The number of carbonyl (C=O) groups is 2. The third-order valence-electron chi connectivity index (χ3n) is 9.78. The zero-order valence-corrected chi connectivity index (χ0v) is 24.6. The highest BCUT2D eigenvalue weighted by Crippen LogP contribution is 2.65. The van der Waals surface area contributed by atoms with Crippen LogP contribution in [-0.2, 0) is 14.1 Å². The van der Waals surface area contributed by atoms with E-state index in [1.165, 1.54) is 0 Å². The Morgan fingerprint density at radius 2 is 1.80 bits per heavy atom. The van der Waals surface area contributed by atoms with Crippen LogP contribution >= 0.6 is 0 Å². The number of hydrogen-bond acceptors (Lipinski definition) is 6. The number of carbonyl (C=O) groups excluding carboxylic acids is 2. The van der Waals surface area contributed by atoms with E-state index in [1.807, 2.05) is 36.4 Å². The van der Waals surface area contributed by atoms with E-state index < -0.39 is 19.1 Å². The number of pyridine rings is 1. The first kappa shape index (κ1) is 29.0. The molecule has 1 aliphatic heterocycles. The lowest BCUT2D eigenvalue weighted by Gasteiger charge is -2.64. The molecule has 2 aromatic rings. The molecule has 40 heavy (non-hydrogen) atoms. The van der Waals surface area contributed by atoms with Crippen LogP contribution in [-0.4, -0.2) is 52.6 Å². The molecule has 8 heteroatoms. The highest BCUT2D eigenvalue weighted by Gasteiger charge is 2.68. The molecule has 3 aliphatic carbocycles. The lowest BCUT2D eigenvalue weighted by atomic mass is 9.43. The first-order valence-corrected chi connectivity index (χ1v) is 14.8. The monoisotopic (exact) mass is 546 g/mol. The fourth-order valence-electron chi connectivity index (χ4n) is 7.25. The first-order chi connectivity index (χ1) is 18.9. The van der Waals surface area contributed by atoms with Crippen molar-refractivity contribution in [1.82, 2.24) is 10.3 Å². The van der Waals surface area contributed by atoms with Gasteiger partial charge in [-0.25, -0.2) is 4.98 Å². The molecule has 2 bridgehead atoms. The van der Waals surface area contributed by atoms with Crippen molar-refractivity contribution < 1.29 is 24.0 Å². The smallest absolute Gasteiger partial charge is 0.404 e. The van der Waals surface area contributed by atoms with E-state index in [9.17, 15) is 14.7 Å². The first-order valence-electron chi connectivity index (χ1n) is 14.8. The number of benzene rings is 1. The Morgan fingerprint density at radius 1 is 1.07 bits per heavy atom. The van der Waals surface area contributed by atoms with Crippen LogP contribution in [0.5, 0.6) is 0 Å². The quantitative estimate of drug-likeness (QED) is 0.317. The van der Waals surface area contributed by atoms with Gasteiger partial charge in [0.25, 0.3) is 0 Å². The van der Waals surface area contributed by atoms with Crippen molar-refractivity contribution in [3.8, 4) is 11.3 Å². The van der Waals surface area contributed by atoms with Crippen LogP contribution in [0.3, 0.4) is 0 Å². The van der Waals surface area contributed by atoms with Crippen LogP contribution in [0.15, 0.2) is 48.5 Å². The second-order valence-corrected chi connectivity index (χ2v) is 13.3. The van der Waals surface area contributed by atoms with Gasteiger partial charge >= 0.3 is 7.12 Å². The van der Waals surface area contributed by atoms with Crippen LogP contribution in [0.4, 0.5) is 0 Å². The fourth-order valence-corrected chi connectivity index (χ4v) is 7.25. The van der Waals surface area contributed by atoms with Crippen molar-refractivity contribution in [1.29, 1.82) is 0 Å². The van der Waals surface area contributed by atoms with Gasteiger partial charge in [-0.2, -0.15) is 0 Å². The van der Waals surface area contributed by atoms with Gasteiger partial charge in [-0.1, -0.05) is 64.1 Å². The molecule has 3 saturated carbocycles. The standard InChI is InChI=1S/C32H43BN2O5/c1-19(2)15-29(33-39-28-17-22-16-27(31(22,4)5)32(28,6)40-33)35-30(38)23(20(3)36)18-26(37)25-14-10-13-24(34-25)21-11-8-7-9-12-21/h7-14,19-20,22-23,27-29,36H,15-18H2,1-6H3,(H,35,38)/t20-,22-,23+,27-,28-,29+,32+/m1/s1. The Bertz CT molecular complexity index is 1230.